The number of nitrogens with one attached hydrogen (secondary N) is 1. The van der Waals surface area contributed by atoms with Gasteiger partial charge >= 0.3 is 5.97 Å². The minimum atomic E-state index is -0.913. The van der Waals surface area contributed by atoms with E-state index in [0.717, 1.165) is 10.0 Å². The number of rotatable bonds is 8. The Bertz CT molecular complexity index is 544. The lowest BCUT2D eigenvalue weighted by atomic mass is 10.2. The number of esters is 1. The second-order valence-corrected chi connectivity index (χ2v) is 6.06. The lowest BCUT2D eigenvalue weighted by Gasteiger charge is -2.15. The Kier molecular flexibility index (Phi) is 8.36. The fraction of sp³-hybridized carbons (Fsp3) is 0.467. The maximum atomic E-state index is 11.7. The lowest BCUT2D eigenvalue weighted by molar-refractivity contribution is -0.156. The van der Waals surface area contributed by atoms with Crippen molar-refractivity contribution in [2.24, 2.45) is 0 Å². The van der Waals surface area contributed by atoms with Crippen molar-refractivity contribution in [2.75, 3.05) is 26.9 Å². The second-order valence-electron chi connectivity index (χ2n) is 4.74. The van der Waals surface area contributed by atoms with Gasteiger partial charge in [-0.25, -0.2) is 4.79 Å². The molecule has 1 N–H and O–H groups in total. The summed E-state index contributed by atoms with van der Waals surface area (Å²) in [5.41, 5.74) is 0.780. The van der Waals surface area contributed by atoms with Gasteiger partial charge in [0.1, 0.15) is 5.75 Å². The van der Waals surface area contributed by atoms with Gasteiger partial charge in [-0.1, -0.05) is 27.5 Å². The molecule has 0 heterocycles. The van der Waals surface area contributed by atoms with E-state index >= 15 is 0 Å². The molecule has 1 amide bonds. The monoisotopic (exact) mass is 407 g/mol. The van der Waals surface area contributed by atoms with Crippen molar-refractivity contribution in [1.29, 1.82) is 0 Å². The van der Waals surface area contributed by atoms with Crippen molar-refractivity contribution < 1.29 is 23.8 Å². The Morgan fingerprint density at radius 2 is 2.09 bits per heavy atom. The molecule has 0 fully saturated rings. The van der Waals surface area contributed by atoms with Crippen molar-refractivity contribution in [3.05, 3.63) is 27.2 Å². The van der Waals surface area contributed by atoms with Gasteiger partial charge in [-0.2, -0.15) is 0 Å². The average Bonchev–Trinajstić information content (AvgIpc) is 2.46. The van der Waals surface area contributed by atoms with Gasteiger partial charge in [-0.15, -0.1) is 0 Å². The Labute approximate surface area is 148 Å². The van der Waals surface area contributed by atoms with Gasteiger partial charge < -0.3 is 19.5 Å². The summed E-state index contributed by atoms with van der Waals surface area (Å²) < 4.78 is 16.0. The SMILES string of the molecule is COCCNC(=O)[C@@H](C)OC(=O)COc1c(C)cc(Br)cc1Cl. The molecule has 0 spiro atoms. The number of hydrogen-bond donors (Lipinski definition) is 1. The number of amides is 1. The summed E-state index contributed by atoms with van der Waals surface area (Å²) in [5.74, 6) is -0.643. The summed E-state index contributed by atoms with van der Waals surface area (Å²) >= 11 is 9.38. The largest absolute Gasteiger partial charge is 0.480 e. The molecule has 0 radical (unpaired) electrons. The molecular weight excluding hydrogens is 390 g/mol. The van der Waals surface area contributed by atoms with E-state index in [4.69, 9.17) is 25.8 Å². The van der Waals surface area contributed by atoms with Crippen LogP contribution in [0.3, 0.4) is 0 Å². The fourth-order valence-corrected chi connectivity index (χ4v) is 2.73. The maximum absolute atomic E-state index is 11.7. The highest BCUT2D eigenvalue weighted by molar-refractivity contribution is 9.10. The van der Waals surface area contributed by atoms with E-state index in [1.165, 1.54) is 14.0 Å². The van der Waals surface area contributed by atoms with Crippen molar-refractivity contribution >= 4 is 39.4 Å². The smallest absolute Gasteiger partial charge is 0.344 e. The molecule has 1 atom stereocenters. The molecule has 1 aromatic carbocycles. The standard InChI is InChI=1S/C15H19BrClNO5/c1-9-6-11(16)7-12(17)14(9)22-8-13(19)23-10(2)15(20)18-4-5-21-3/h6-7,10H,4-5,8H2,1-3H3,(H,18,20)/t10-/m1/s1. The normalized spacial score (nSPS) is 11.7. The van der Waals surface area contributed by atoms with E-state index in [1.807, 2.05) is 13.0 Å². The molecule has 0 saturated heterocycles. The number of hydrogen-bond acceptors (Lipinski definition) is 5. The topological polar surface area (TPSA) is 73.9 Å². The van der Waals surface area contributed by atoms with Crippen LogP contribution in [0.1, 0.15) is 12.5 Å². The molecule has 0 aromatic heterocycles. The average molecular weight is 409 g/mol. The minimum Gasteiger partial charge on any atom is -0.480 e. The first-order valence-electron chi connectivity index (χ1n) is 6.89. The quantitative estimate of drug-likeness (QED) is 0.528. The highest BCUT2D eigenvalue weighted by atomic mass is 79.9. The van der Waals surface area contributed by atoms with Crippen molar-refractivity contribution in [3.63, 3.8) is 0 Å². The molecule has 6 nitrogen and oxygen atoms in total. The van der Waals surface area contributed by atoms with Crippen LogP contribution in [0.5, 0.6) is 5.75 Å². The molecule has 8 heteroatoms. The van der Waals surface area contributed by atoms with Gasteiger partial charge in [0.15, 0.2) is 12.7 Å². The predicted octanol–water partition coefficient (Wildman–Crippen LogP) is 2.48. The van der Waals surface area contributed by atoms with Crippen molar-refractivity contribution in [1.82, 2.24) is 5.32 Å². The minimum absolute atomic E-state index is 0.335. The van der Waals surface area contributed by atoms with Crippen molar-refractivity contribution in [3.8, 4) is 5.75 Å². The van der Waals surface area contributed by atoms with E-state index in [9.17, 15) is 9.59 Å². The first-order valence-corrected chi connectivity index (χ1v) is 8.06. The van der Waals surface area contributed by atoms with Crippen LogP contribution in [0.25, 0.3) is 0 Å². The van der Waals surface area contributed by atoms with E-state index in [2.05, 4.69) is 21.2 Å². The number of ether oxygens (including phenoxy) is 3. The highest BCUT2D eigenvalue weighted by Crippen LogP contribution is 2.31. The van der Waals surface area contributed by atoms with Crippen LogP contribution < -0.4 is 10.1 Å². The molecule has 0 aliphatic heterocycles. The molecule has 1 aromatic rings. The van der Waals surface area contributed by atoms with Gasteiger partial charge in [0.2, 0.25) is 0 Å². The lowest BCUT2D eigenvalue weighted by Crippen LogP contribution is -2.38. The number of carbonyl (C=O) groups excluding carboxylic acids is 2. The van der Waals surface area contributed by atoms with Crippen LogP contribution in [-0.2, 0) is 19.1 Å². The number of aryl methyl sites for hydroxylation is 1. The predicted molar refractivity (Wildman–Crippen MR) is 89.8 cm³/mol. The number of methoxy groups -OCH3 is 1. The summed E-state index contributed by atoms with van der Waals surface area (Å²) in [5, 5.41) is 2.96. The number of benzene rings is 1. The van der Waals surface area contributed by atoms with Gasteiger partial charge in [-0.3, -0.25) is 4.79 Å². The molecule has 0 saturated carbocycles. The summed E-state index contributed by atoms with van der Waals surface area (Å²) in [6, 6.07) is 3.49. The van der Waals surface area contributed by atoms with Crippen molar-refractivity contribution in [2.45, 2.75) is 20.0 Å². The molecule has 0 bridgehead atoms. The number of halogens is 2. The van der Waals surface area contributed by atoms with Gasteiger partial charge in [0, 0.05) is 18.1 Å². The summed E-state index contributed by atoms with van der Waals surface area (Å²) in [6.45, 7) is 3.69. The van der Waals surface area contributed by atoms with Crippen LogP contribution in [0.4, 0.5) is 0 Å². The van der Waals surface area contributed by atoms with Crippen LogP contribution in [0, 0.1) is 6.92 Å². The van der Waals surface area contributed by atoms with E-state index in [0.29, 0.717) is 23.9 Å². The Balaban J connectivity index is 2.47. The number of carbonyl (C=O) groups is 2. The Morgan fingerprint density at radius 3 is 2.70 bits per heavy atom. The van der Waals surface area contributed by atoms with E-state index < -0.39 is 18.0 Å². The Hall–Kier alpha value is -1.31. The fourth-order valence-electron chi connectivity index (χ4n) is 1.71. The molecular formula is C15H19BrClNO5. The van der Waals surface area contributed by atoms with Crippen LogP contribution >= 0.6 is 27.5 Å². The zero-order valence-electron chi connectivity index (χ0n) is 13.2. The molecule has 0 unspecified atom stereocenters. The third-order valence-corrected chi connectivity index (χ3v) is 3.55. The zero-order chi connectivity index (χ0) is 17.4. The van der Waals surface area contributed by atoms with Crippen LogP contribution in [-0.4, -0.2) is 44.8 Å². The molecule has 23 heavy (non-hydrogen) atoms. The maximum Gasteiger partial charge on any atom is 0.344 e. The second kappa shape index (κ2) is 9.75. The summed E-state index contributed by atoms with van der Waals surface area (Å²) in [4.78, 5) is 23.4. The van der Waals surface area contributed by atoms with Crippen LogP contribution in [0.2, 0.25) is 5.02 Å². The molecule has 0 aliphatic rings. The first kappa shape index (κ1) is 19.7. The summed E-state index contributed by atoms with van der Waals surface area (Å²) in [7, 11) is 1.53. The summed E-state index contributed by atoms with van der Waals surface area (Å²) in [6.07, 6.45) is -0.913. The van der Waals surface area contributed by atoms with E-state index in [-0.39, 0.29) is 6.61 Å². The van der Waals surface area contributed by atoms with E-state index in [1.54, 1.807) is 6.07 Å². The van der Waals surface area contributed by atoms with Gasteiger partial charge in [-0.05, 0) is 31.5 Å². The zero-order valence-corrected chi connectivity index (χ0v) is 15.5. The highest BCUT2D eigenvalue weighted by Gasteiger charge is 2.18. The van der Waals surface area contributed by atoms with Gasteiger partial charge in [0.05, 0.1) is 11.6 Å². The van der Waals surface area contributed by atoms with Gasteiger partial charge in [0.25, 0.3) is 5.91 Å². The third-order valence-electron chi connectivity index (χ3n) is 2.81. The third kappa shape index (κ3) is 6.76. The van der Waals surface area contributed by atoms with Crippen LogP contribution in [0.15, 0.2) is 16.6 Å². The molecule has 0 aliphatic carbocycles. The Morgan fingerprint density at radius 1 is 1.39 bits per heavy atom. The molecule has 1 rings (SSSR count). The molecule has 128 valence electrons. The first-order chi connectivity index (χ1) is 10.8.